The zero-order valence-electron chi connectivity index (χ0n) is 9.13. The standard InChI is InChI=1S/C12H23PSe/c14-13(11-7-3-1-4-8-11)12-9-5-2-6-10-12/h11-13H,1-10H2. The summed E-state index contributed by atoms with van der Waals surface area (Å²) in [6, 6.07) is 0. The molecule has 14 heavy (non-hydrogen) atoms. The van der Waals surface area contributed by atoms with E-state index in [9.17, 15) is 0 Å². The van der Waals surface area contributed by atoms with Crippen LogP contribution in [0.3, 0.4) is 0 Å². The number of hydrogen-bond acceptors (Lipinski definition) is 0. The van der Waals surface area contributed by atoms with E-state index in [-0.39, 0.29) is 6.17 Å². The van der Waals surface area contributed by atoms with Crippen LogP contribution < -0.4 is 0 Å². The first-order valence-corrected chi connectivity index (χ1v) is 10.5. The van der Waals surface area contributed by atoms with E-state index in [1.54, 1.807) is 25.7 Å². The van der Waals surface area contributed by atoms with Crippen LogP contribution in [0.4, 0.5) is 0 Å². The molecule has 0 radical (unpaired) electrons. The minimum absolute atomic E-state index is 0.116. The monoisotopic (exact) mass is 278 g/mol. The molecule has 0 bridgehead atoms. The fourth-order valence-electron chi connectivity index (χ4n) is 3.11. The van der Waals surface area contributed by atoms with E-state index in [1.807, 2.05) is 0 Å². The van der Waals surface area contributed by atoms with Gasteiger partial charge in [-0.2, -0.15) is 0 Å². The second-order valence-corrected chi connectivity index (χ2v) is 10.5. The molecule has 82 valence electrons. The predicted octanol–water partition coefficient (Wildman–Crippen LogP) is 3.95. The van der Waals surface area contributed by atoms with Crippen molar-refractivity contribution in [2.24, 2.45) is 0 Å². The third kappa shape index (κ3) is 2.97. The van der Waals surface area contributed by atoms with Gasteiger partial charge in [-0.1, -0.05) is 0 Å². The van der Waals surface area contributed by atoms with Crippen LogP contribution in [0.25, 0.3) is 0 Å². The van der Waals surface area contributed by atoms with Crippen LogP contribution in [0.5, 0.6) is 0 Å². The summed E-state index contributed by atoms with van der Waals surface area (Å²) in [6.45, 7) is 0. The first-order chi connectivity index (χ1) is 6.88. The Morgan fingerprint density at radius 3 is 1.36 bits per heavy atom. The van der Waals surface area contributed by atoms with E-state index in [0.29, 0.717) is 0 Å². The molecule has 2 fully saturated rings. The summed E-state index contributed by atoms with van der Waals surface area (Å²) < 4.78 is 0. The maximum atomic E-state index is 3.62. The zero-order chi connectivity index (χ0) is 9.80. The molecule has 2 saturated carbocycles. The molecular formula is C12H23PSe. The van der Waals surface area contributed by atoms with Crippen molar-refractivity contribution < 1.29 is 0 Å². The number of rotatable bonds is 2. The van der Waals surface area contributed by atoms with E-state index >= 15 is 0 Å². The van der Waals surface area contributed by atoms with Crippen molar-refractivity contribution in [3.63, 3.8) is 0 Å². The molecule has 0 N–H and O–H groups in total. The van der Waals surface area contributed by atoms with Crippen LogP contribution >= 0.6 is 6.17 Å². The maximum absolute atomic E-state index is 3.62. The SMILES string of the molecule is [Se]=[PH](C1CCCCC1)C1CCCCC1. The van der Waals surface area contributed by atoms with Crippen LogP contribution in [0.1, 0.15) is 64.2 Å². The average molecular weight is 277 g/mol. The predicted molar refractivity (Wildman–Crippen MR) is 67.8 cm³/mol. The molecule has 0 amide bonds. The van der Waals surface area contributed by atoms with Crippen LogP contribution in [-0.4, -0.2) is 26.4 Å². The first-order valence-electron chi connectivity index (χ1n) is 6.41. The van der Waals surface area contributed by atoms with Gasteiger partial charge in [-0.25, -0.2) is 0 Å². The summed E-state index contributed by atoms with van der Waals surface area (Å²) in [6.07, 6.45) is 15.2. The Kier molecular flexibility index (Phi) is 4.80. The Morgan fingerprint density at radius 2 is 1.00 bits per heavy atom. The third-order valence-electron chi connectivity index (χ3n) is 4.02. The Bertz CT molecular complexity index is 170. The minimum atomic E-state index is -0.116. The van der Waals surface area contributed by atoms with Gasteiger partial charge in [0.05, 0.1) is 0 Å². The Morgan fingerprint density at radius 1 is 0.643 bits per heavy atom. The van der Waals surface area contributed by atoms with Crippen LogP contribution in [-0.2, 0) is 0 Å². The van der Waals surface area contributed by atoms with E-state index in [0.717, 1.165) is 11.3 Å². The fraction of sp³-hybridized carbons (Fsp3) is 1.00. The van der Waals surface area contributed by atoms with E-state index in [4.69, 9.17) is 0 Å². The molecule has 0 aromatic rings. The van der Waals surface area contributed by atoms with Crippen molar-refractivity contribution >= 4 is 21.3 Å². The van der Waals surface area contributed by atoms with Crippen LogP contribution in [0, 0.1) is 0 Å². The van der Waals surface area contributed by atoms with Gasteiger partial charge < -0.3 is 0 Å². The van der Waals surface area contributed by atoms with E-state index < -0.39 is 0 Å². The summed E-state index contributed by atoms with van der Waals surface area (Å²) >= 11 is 3.62. The second kappa shape index (κ2) is 5.88. The summed E-state index contributed by atoms with van der Waals surface area (Å²) in [5.74, 6) is 0. The van der Waals surface area contributed by atoms with Crippen LogP contribution in [0.2, 0.25) is 0 Å². The molecule has 0 heterocycles. The second-order valence-electron chi connectivity index (χ2n) is 5.07. The molecule has 2 aliphatic carbocycles. The Labute approximate surface area is 96.9 Å². The summed E-state index contributed by atoms with van der Waals surface area (Å²) in [5, 5.41) is 0. The third-order valence-corrected chi connectivity index (χ3v) is 11.0. The van der Waals surface area contributed by atoms with Gasteiger partial charge in [-0.05, 0) is 0 Å². The van der Waals surface area contributed by atoms with Gasteiger partial charge >= 0.3 is 96.8 Å². The molecule has 0 atom stereocenters. The molecule has 0 saturated heterocycles. The summed E-state index contributed by atoms with van der Waals surface area (Å²) in [5.41, 5.74) is 2.27. The van der Waals surface area contributed by atoms with Crippen LogP contribution in [0.15, 0.2) is 0 Å². The molecule has 2 heteroatoms. The van der Waals surface area contributed by atoms with Gasteiger partial charge in [0.1, 0.15) is 0 Å². The quantitative estimate of drug-likeness (QED) is 0.529. The summed E-state index contributed by atoms with van der Waals surface area (Å²) in [4.78, 5) is 0. The molecule has 0 spiro atoms. The van der Waals surface area contributed by atoms with Gasteiger partial charge in [0, 0.05) is 0 Å². The number of hydrogen-bond donors (Lipinski definition) is 0. The van der Waals surface area contributed by atoms with Crippen molar-refractivity contribution in [2.75, 3.05) is 0 Å². The molecule has 0 aromatic heterocycles. The van der Waals surface area contributed by atoms with Crippen molar-refractivity contribution in [1.82, 2.24) is 0 Å². The van der Waals surface area contributed by atoms with Gasteiger partial charge in [0.2, 0.25) is 0 Å². The van der Waals surface area contributed by atoms with Crippen molar-refractivity contribution in [2.45, 2.75) is 75.5 Å². The fourth-order valence-corrected chi connectivity index (χ4v) is 8.70. The molecule has 0 aromatic carbocycles. The molecule has 2 aliphatic rings. The van der Waals surface area contributed by atoms with Crippen molar-refractivity contribution in [3.8, 4) is 0 Å². The van der Waals surface area contributed by atoms with E-state index in [1.165, 1.54) is 38.5 Å². The molecule has 0 aliphatic heterocycles. The topological polar surface area (TPSA) is 0 Å². The molecular weight excluding hydrogens is 254 g/mol. The van der Waals surface area contributed by atoms with Gasteiger partial charge in [-0.3, -0.25) is 0 Å². The Hall–Kier alpha value is 0.949. The molecule has 0 nitrogen and oxygen atoms in total. The van der Waals surface area contributed by atoms with E-state index in [2.05, 4.69) is 15.1 Å². The Balaban J connectivity index is 1.85. The molecule has 0 unspecified atom stereocenters. The normalized spacial score (nSPS) is 26.9. The van der Waals surface area contributed by atoms with Gasteiger partial charge in [0.25, 0.3) is 0 Å². The van der Waals surface area contributed by atoms with Gasteiger partial charge in [-0.15, -0.1) is 0 Å². The molecule has 2 rings (SSSR count). The first kappa shape index (κ1) is 11.4. The van der Waals surface area contributed by atoms with Crippen molar-refractivity contribution in [3.05, 3.63) is 0 Å². The summed E-state index contributed by atoms with van der Waals surface area (Å²) in [7, 11) is 0. The zero-order valence-corrected chi connectivity index (χ0v) is 11.8. The van der Waals surface area contributed by atoms with Crippen molar-refractivity contribution in [1.29, 1.82) is 0 Å². The van der Waals surface area contributed by atoms with Gasteiger partial charge in [0.15, 0.2) is 0 Å². The average Bonchev–Trinajstić information content (AvgIpc) is 2.30.